The molecule has 0 saturated heterocycles. The number of anilines is 1. The first-order valence-electron chi connectivity index (χ1n) is 6.73. The van der Waals surface area contributed by atoms with Gasteiger partial charge in [-0.05, 0) is 37.1 Å². The molecule has 1 aliphatic carbocycles. The van der Waals surface area contributed by atoms with Crippen molar-refractivity contribution >= 4 is 17.6 Å². The molecular formula is C15H16N2O4. The van der Waals surface area contributed by atoms with Crippen molar-refractivity contribution in [3.05, 3.63) is 24.3 Å². The van der Waals surface area contributed by atoms with Gasteiger partial charge in [0.05, 0.1) is 6.07 Å². The predicted molar refractivity (Wildman–Crippen MR) is 74.7 cm³/mol. The number of amides is 1. The Morgan fingerprint density at radius 2 is 1.90 bits per heavy atom. The lowest BCUT2D eigenvalue weighted by atomic mass is 9.87. The van der Waals surface area contributed by atoms with E-state index < -0.39 is 18.0 Å². The van der Waals surface area contributed by atoms with E-state index >= 15 is 0 Å². The predicted octanol–water partition coefficient (Wildman–Crippen LogP) is 2.17. The third kappa shape index (κ3) is 3.51. The van der Waals surface area contributed by atoms with Crippen LogP contribution in [0.5, 0.6) is 5.75 Å². The van der Waals surface area contributed by atoms with Crippen LogP contribution >= 0.6 is 0 Å². The number of carbonyl (C=O) groups is 2. The number of nitriles is 1. The summed E-state index contributed by atoms with van der Waals surface area (Å²) in [5.41, 5.74) is -0.359. The van der Waals surface area contributed by atoms with E-state index in [9.17, 15) is 14.9 Å². The second-order valence-electron chi connectivity index (χ2n) is 5.06. The largest absolute Gasteiger partial charge is 0.482 e. The Hall–Kier alpha value is -2.55. The van der Waals surface area contributed by atoms with Crippen molar-refractivity contribution in [1.82, 2.24) is 0 Å². The van der Waals surface area contributed by atoms with Gasteiger partial charge in [0, 0.05) is 5.69 Å². The summed E-state index contributed by atoms with van der Waals surface area (Å²) < 4.78 is 5.00. The van der Waals surface area contributed by atoms with Crippen molar-refractivity contribution in [1.29, 1.82) is 5.26 Å². The first kappa shape index (κ1) is 14.9. The van der Waals surface area contributed by atoms with E-state index in [4.69, 9.17) is 9.84 Å². The molecule has 0 unspecified atom stereocenters. The van der Waals surface area contributed by atoms with E-state index in [0.717, 1.165) is 12.8 Å². The van der Waals surface area contributed by atoms with Gasteiger partial charge in [-0.2, -0.15) is 5.26 Å². The number of benzene rings is 1. The lowest BCUT2D eigenvalue weighted by Gasteiger charge is -2.19. The Balaban J connectivity index is 1.98. The highest BCUT2D eigenvalue weighted by atomic mass is 16.5. The molecule has 6 heteroatoms. The molecule has 0 aliphatic heterocycles. The highest BCUT2D eigenvalue weighted by Gasteiger charge is 2.41. The number of aliphatic carboxylic acids is 1. The molecule has 1 aromatic carbocycles. The van der Waals surface area contributed by atoms with E-state index in [1.54, 1.807) is 24.3 Å². The number of hydrogen-bond donors (Lipinski definition) is 2. The van der Waals surface area contributed by atoms with Crippen molar-refractivity contribution in [3.63, 3.8) is 0 Å². The standard InChI is InChI=1S/C15H16N2O4/c16-10-15(7-1-2-8-15)14(20)17-11-3-5-12(6-4-11)21-9-13(18)19/h3-6H,1-2,7-9H2,(H,17,20)(H,18,19). The maximum atomic E-state index is 12.2. The zero-order chi connectivity index (χ0) is 15.3. The zero-order valence-corrected chi connectivity index (χ0v) is 11.5. The molecule has 1 saturated carbocycles. The van der Waals surface area contributed by atoms with Crippen molar-refractivity contribution in [3.8, 4) is 11.8 Å². The maximum absolute atomic E-state index is 12.2. The average molecular weight is 288 g/mol. The average Bonchev–Trinajstić information content (AvgIpc) is 2.96. The highest BCUT2D eigenvalue weighted by Crippen LogP contribution is 2.38. The van der Waals surface area contributed by atoms with E-state index in [2.05, 4.69) is 11.4 Å². The SMILES string of the molecule is N#CC1(C(=O)Nc2ccc(OCC(=O)O)cc2)CCCC1. The van der Waals surface area contributed by atoms with Crippen LogP contribution in [0.1, 0.15) is 25.7 Å². The van der Waals surface area contributed by atoms with Gasteiger partial charge in [-0.25, -0.2) is 4.79 Å². The van der Waals surface area contributed by atoms with E-state index in [-0.39, 0.29) is 5.91 Å². The van der Waals surface area contributed by atoms with E-state index in [1.165, 1.54) is 0 Å². The molecule has 21 heavy (non-hydrogen) atoms. The molecule has 1 amide bonds. The minimum atomic E-state index is -1.05. The fraction of sp³-hybridized carbons (Fsp3) is 0.400. The smallest absolute Gasteiger partial charge is 0.341 e. The van der Waals surface area contributed by atoms with Crippen LogP contribution in [0, 0.1) is 16.7 Å². The van der Waals surface area contributed by atoms with Gasteiger partial charge in [-0.1, -0.05) is 12.8 Å². The molecule has 0 spiro atoms. The molecule has 6 nitrogen and oxygen atoms in total. The Morgan fingerprint density at radius 3 is 2.43 bits per heavy atom. The van der Waals surface area contributed by atoms with Crippen LogP contribution in [0.25, 0.3) is 0 Å². The van der Waals surface area contributed by atoms with Gasteiger partial charge in [0.25, 0.3) is 0 Å². The zero-order valence-electron chi connectivity index (χ0n) is 11.5. The number of hydrogen-bond acceptors (Lipinski definition) is 4. The van der Waals surface area contributed by atoms with Crippen LogP contribution in [0.4, 0.5) is 5.69 Å². The lowest BCUT2D eigenvalue weighted by Crippen LogP contribution is -2.32. The minimum Gasteiger partial charge on any atom is -0.482 e. The molecule has 1 aromatic rings. The monoisotopic (exact) mass is 288 g/mol. The van der Waals surface area contributed by atoms with E-state index in [0.29, 0.717) is 24.3 Å². The number of carbonyl (C=O) groups excluding carboxylic acids is 1. The summed E-state index contributed by atoms with van der Waals surface area (Å²) in [6.07, 6.45) is 2.97. The summed E-state index contributed by atoms with van der Waals surface area (Å²) in [6.45, 7) is -0.413. The molecule has 0 atom stereocenters. The molecule has 1 fully saturated rings. The van der Waals surface area contributed by atoms with Crippen molar-refractivity contribution in [2.75, 3.05) is 11.9 Å². The van der Waals surface area contributed by atoms with Gasteiger partial charge in [-0.15, -0.1) is 0 Å². The fourth-order valence-corrected chi connectivity index (χ4v) is 2.40. The van der Waals surface area contributed by atoms with Gasteiger partial charge in [-0.3, -0.25) is 4.79 Å². The maximum Gasteiger partial charge on any atom is 0.341 e. The summed E-state index contributed by atoms with van der Waals surface area (Å²) in [6, 6.07) is 8.53. The number of nitrogens with one attached hydrogen (secondary N) is 1. The van der Waals surface area contributed by atoms with Crippen LogP contribution in [0.2, 0.25) is 0 Å². The first-order valence-corrected chi connectivity index (χ1v) is 6.73. The first-order chi connectivity index (χ1) is 10.1. The van der Waals surface area contributed by atoms with Crippen molar-refractivity contribution < 1.29 is 19.4 Å². The quantitative estimate of drug-likeness (QED) is 0.865. The van der Waals surface area contributed by atoms with Crippen LogP contribution in [0.15, 0.2) is 24.3 Å². The molecule has 0 radical (unpaired) electrons. The van der Waals surface area contributed by atoms with Gasteiger partial charge in [0.15, 0.2) is 6.61 Å². The molecule has 1 aliphatic rings. The minimum absolute atomic E-state index is 0.276. The third-order valence-electron chi connectivity index (χ3n) is 3.58. The Labute approximate surface area is 122 Å². The number of rotatable bonds is 5. The Kier molecular flexibility index (Phi) is 4.43. The summed E-state index contributed by atoms with van der Waals surface area (Å²) in [5, 5.41) is 20.5. The number of nitrogens with zero attached hydrogens (tertiary/aromatic N) is 1. The molecule has 0 bridgehead atoms. The van der Waals surface area contributed by atoms with Gasteiger partial charge >= 0.3 is 5.97 Å². The summed E-state index contributed by atoms with van der Waals surface area (Å²) in [4.78, 5) is 22.6. The van der Waals surface area contributed by atoms with Crippen LogP contribution in [-0.4, -0.2) is 23.6 Å². The Morgan fingerprint density at radius 1 is 1.29 bits per heavy atom. The molecule has 110 valence electrons. The summed E-state index contributed by atoms with van der Waals surface area (Å²) in [5.74, 6) is -0.919. The molecule has 2 N–H and O–H groups in total. The lowest BCUT2D eigenvalue weighted by molar-refractivity contribution is -0.139. The third-order valence-corrected chi connectivity index (χ3v) is 3.58. The van der Waals surface area contributed by atoms with E-state index in [1.807, 2.05) is 0 Å². The highest BCUT2D eigenvalue weighted by molar-refractivity contribution is 5.97. The van der Waals surface area contributed by atoms with Crippen molar-refractivity contribution in [2.45, 2.75) is 25.7 Å². The second-order valence-corrected chi connectivity index (χ2v) is 5.06. The van der Waals surface area contributed by atoms with Gasteiger partial charge in [0.2, 0.25) is 5.91 Å². The number of ether oxygens (including phenoxy) is 1. The molecular weight excluding hydrogens is 272 g/mol. The second kappa shape index (κ2) is 6.27. The summed E-state index contributed by atoms with van der Waals surface area (Å²) in [7, 11) is 0. The van der Waals surface area contributed by atoms with Crippen molar-refractivity contribution in [2.24, 2.45) is 5.41 Å². The van der Waals surface area contributed by atoms with Crippen LogP contribution in [-0.2, 0) is 9.59 Å². The normalized spacial score (nSPS) is 16.0. The van der Waals surface area contributed by atoms with Crippen LogP contribution in [0.3, 0.4) is 0 Å². The summed E-state index contributed by atoms with van der Waals surface area (Å²) >= 11 is 0. The molecule has 2 rings (SSSR count). The fourth-order valence-electron chi connectivity index (χ4n) is 2.40. The number of carboxylic acids is 1. The van der Waals surface area contributed by atoms with Gasteiger partial charge in [0.1, 0.15) is 11.2 Å². The topological polar surface area (TPSA) is 99.4 Å². The molecule has 0 heterocycles. The number of carboxylic acid groups (broad SMARTS) is 1. The van der Waals surface area contributed by atoms with Gasteiger partial charge < -0.3 is 15.2 Å². The molecule has 0 aromatic heterocycles. The Bertz CT molecular complexity index is 568. The van der Waals surface area contributed by atoms with Crippen LogP contribution < -0.4 is 10.1 Å².